The molecule has 0 saturated carbocycles. The lowest BCUT2D eigenvalue weighted by Gasteiger charge is -2.27. The first kappa shape index (κ1) is 15.6. The Morgan fingerprint density at radius 1 is 1.52 bits per heavy atom. The average molecular weight is 293 g/mol. The molecule has 1 atom stereocenters. The lowest BCUT2D eigenvalue weighted by atomic mass is 10.1. The quantitative estimate of drug-likeness (QED) is 0.618. The smallest absolute Gasteiger partial charge is 0.292 e. The summed E-state index contributed by atoms with van der Waals surface area (Å²) in [6, 6.07) is 5.34. The summed E-state index contributed by atoms with van der Waals surface area (Å²) in [4.78, 5) is 13.1. The summed E-state index contributed by atoms with van der Waals surface area (Å²) in [7, 11) is 1.58. The van der Waals surface area contributed by atoms with Crippen LogP contribution in [0, 0.1) is 10.1 Å². The molecule has 1 aromatic rings. The normalized spacial score (nSPS) is 17.7. The van der Waals surface area contributed by atoms with Gasteiger partial charge in [0.2, 0.25) is 0 Å². The summed E-state index contributed by atoms with van der Waals surface area (Å²) in [5, 5.41) is 14.7. The molecule has 0 spiro atoms. The van der Waals surface area contributed by atoms with E-state index in [-0.39, 0.29) is 10.6 Å². The van der Waals surface area contributed by atoms with Gasteiger partial charge in [0.1, 0.15) is 11.4 Å². The molecule has 1 heterocycles. The van der Waals surface area contributed by atoms with Gasteiger partial charge in [0.25, 0.3) is 5.69 Å². The third-order valence-electron chi connectivity index (χ3n) is 3.82. The fraction of sp³-hybridized carbons (Fsp3) is 0.600. The number of hydrogen-bond donors (Lipinski definition) is 1. The van der Waals surface area contributed by atoms with Crippen LogP contribution in [0.3, 0.4) is 0 Å². The highest BCUT2D eigenvalue weighted by Gasteiger charge is 2.24. The van der Waals surface area contributed by atoms with E-state index in [9.17, 15) is 10.1 Å². The molecule has 1 N–H and O–H groups in total. The van der Waals surface area contributed by atoms with Crippen molar-refractivity contribution >= 4 is 11.4 Å². The number of anilines is 1. The third-order valence-corrected chi connectivity index (χ3v) is 3.82. The molecule has 1 saturated heterocycles. The summed E-state index contributed by atoms with van der Waals surface area (Å²) < 4.78 is 5.22. The molecular formula is C15H23N3O3. The monoisotopic (exact) mass is 293 g/mol. The molecule has 1 unspecified atom stereocenters. The van der Waals surface area contributed by atoms with Crippen molar-refractivity contribution < 1.29 is 9.66 Å². The lowest BCUT2D eigenvalue weighted by molar-refractivity contribution is -0.384. The number of ether oxygens (including phenoxy) is 1. The number of methoxy groups -OCH3 is 1. The minimum atomic E-state index is -0.320. The largest absolute Gasteiger partial charge is 0.497 e. The molecule has 0 radical (unpaired) electrons. The predicted molar refractivity (Wildman–Crippen MR) is 83.2 cm³/mol. The zero-order valence-electron chi connectivity index (χ0n) is 12.7. The first-order valence-electron chi connectivity index (χ1n) is 7.46. The molecule has 0 aromatic heterocycles. The van der Waals surface area contributed by atoms with Crippen LogP contribution < -0.4 is 15.0 Å². The maximum absolute atomic E-state index is 11.3. The highest BCUT2D eigenvalue weighted by atomic mass is 16.6. The second-order valence-corrected chi connectivity index (χ2v) is 5.35. The van der Waals surface area contributed by atoms with E-state index < -0.39 is 0 Å². The number of nitro groups is 1. The topological polar surface area (TPSA) is 67.6 Å². The fourth-order valence-corrected chi connectivity index (χ4v) is 2.80. The van der Waals surface area contributed by atoms with Gasteiger partial charge in [0.05, 0.1) is 12.0 Å². The van der Waals surface area contributed by atoms with Crippen LogP contribution in [0.5, 0.6) is 5.75 Å². The van der Waals surface area contributed by atoms with E-state index >= 15 is 0 Å². The Kier molecular flexibility index (Phi) is 5.38. The third kappa shape index (κ3) is 3.85. The number of rotatable bonds is 7. The molecule has 0 bridgehead atoms. The predicted octanol–water partition coefficient (Wildman–Crippen LogP) is 2.57. The second kappa shape index (κ2) is 7.26. The minimum absolute atomic E-state index is 0.141. The van der Waals surface area contributed by atoms with Gasteiger partial charge in [-0.15, -0.1) is 0 Å². The summed E-state index contributed by atoms with van der Waals surface area (Å²) >= 11 is 0. The van der Waals surface area contributed by atoms with Crippen molar-refractivity contribution in [1.82, 2.24) is 5.32 Å². The van der Waals surface area contributed by atoms with Crippen LogP contribution in [0.4, 0.5) is 11.4 Å². The van der Waals surface area contributed by atoms with Gasteiger partial charge in [-0.2, -0.15) is 0 Å². The van der Waals surface area contributed by atoms with E-state index in [0.29, 0.717) is 17.5 Å². The number of benzene rings is 1. The van der Waals surface area contributed by atoms with E-state index in [2.05, 4.69) is 17.1 Å². The molecule has 1 aliphatic heterocycles. The first-order valence-corrected chi connectivity index (χ1v) is 7.46. The molecule has 6 nitrogen and oxygen atoms in total. The van der Waals surface area contributed by atoms with Gasteiger partial charge in [-0.1, -0.05) is 6.92 Å². The summed E-state index contributed by atoms with van der Waals surface area (Å²) in [6.07, 6.45) is 3.24. The van der Waals surface area contributed by atoms with Crippen molar-refractivity contribution in [2.24, 2.45) is 0 Å². The molecule has 116 valence electrons. The summed E-state index contributed by atoms with van der Waals surface area (Å²) in [5.41, 5.74) is 0.789. The van der Waals surface area contributed by atoms with Gasteiger partial charge >= 0.3 is 0 Å². The van der Waals surface area contributed by atoms with E-state index in [1.165, 1.54) is 12.5 Å². The Labute approximate surface area is 125 Å². The number of hydrogen-bond acceptors (Lipinski definition) is 5. The molecule has 1 fully saturated rings. The maximum atomic E-state index is 11.3. The van der Waals surface area contributed by atoms with Crippen molar-refractivity contribution in [2.75, 3.05) is 31.6 Å². The molecule has 1 aliphatic rings. The molecule has 2 rings (SSSR count). The SMILES string of the molecule is CCCN(CC1CCCN1)c1cc(OC)ccc1[N+](=O)[O-]. The number of nitrogens with zero attached hydrogens (tertiary/aromatic N) is 2. The van der Waals surface area contributed by atoms with Crippen molar-refractivity contribution in [3.8, 4) is 5.75 Å². The van der Waals surface area contributed by atoms with Crippen LogP contribution in [0.25, 0.3) is 0 Å². The van der Waals surface area contributed by atoms with Gasteiger partial charge < -0.3 is 15.0 Å². The van der Waals surface area contributed by atoms with E-state index in [0.717, 1.165) is 32.5 Å². The van der Waals surface area contributed by atoms with Crippen LogP contribution >= 0.6 is 0 Å². The van der Waals surface area contributed by atoms with Gasteiger partial charge in [0.15, 0.2) is 0 Å². The standard InChI is InChI=1S/C15H23N3O3/c1-3-9-17(11-12-5-4-8-16-12)15-10-13(21-2)6-7-14(15)18(19)20/h6-7,10,12,16H,3-5,8-9,11H2,1-2H3. The zero-order chi connectivity index (χ0) is 15.2. The molecule has 1 aromatic carbocycles. The van der Waals surface area contributed by atoms with Gasteiger partial charge in [-0.3, -0.25) is 10.1 Å². The minimum Gasteiger partial charge on any atom is -0.497 e. The van der Waals surface area contributed by atoms with Crippen molar-refractivity contribution in [3.63, 3.8) is 0 Å². The van der Waals surface area contributed by atoms with Crippen LogP contribution in [0.15, 0.2) is 18.2 Å². The highest BCUT2D eigenvalue weighted by Crippen LogP contribution is 2.32. The summed E-state index contributed by atoms with van der Waals surface area (Å²) in [6.45, 7) is 4.71. The van der Waals surface area contributed by atoms with E-state index in [1.807, 2.05) is 0 Å². The van der Waals surface area contributed by atoms with Crippen molar-refractivity contribution in [1.29, 1.82) is 0 Å². The van der Waals surface area contributed by atoms with E-state index in [4.69, 9.17) is 4.74 Å². The molecular weight excluding hydrogens is 270 g/mol. The van der Waals surface area contributed by atoms with Crippen molar-refractivity contribution in [2.45, 2.75) is 32.2 Å². The average Bonchev–Trinajstić information content (AvgIpc) is 2.99. The molecule has 6 heteroatoms. The van der Waals surface area contributed by atoms with Crippen LogP contribution in [0.2, 0.25) is 0 Å². The van der Waals surface area contributed by atoms with Crippen LogP contribution in [0.1, 0.15) is 26.2 Å². The summed E-state index contributed by atoms with van der Waals surface area (Å²) in [5.74, 6) is 0.649. The first-order chi connectivity index (χ1) is 10.2. The molecule has 21 heavy (non-hydrogen) atoms. The van der Waals surface area contributed by atoms with Crippen LogP contribution in [-0.2, 0) is 0 Å². The van der Waals surface area contributed by atoms with Crippen LogP contribution in [-0.4, -0.2) is 37.7 Å². The van der Waals surface area contributed by atoms with Gasteiger partial charge in [0, 0.05) is 31.3 Å². The number of nitro benzene ring substituents is 1. The second-order valence-electron chi connectivity index (χ2n) is 5.35. The Morgan fingerprint density at radius 3 is 2.90 bits per heavy atom. The maximum Gasteiger partial charge on any atom is 0.292 e. The lowest BCUT2D eigenvalue weighted by Crippen LogP contribution is -2.38. The Balaban J connectivity index is 2.29. The highest BCUT2D eigenvalue weighted by molar-refractivity contribution is 5.66. The zero-order valence-corrected chi connectivity index (χ0v) is 12.7. The van der Waals surface area contributed by atoms with Gasteiger partial charge in [-0.25, -0.2) is 0 Å². The Bertz CT molecular complexity index is 487. The molecule has 0 amide bonds. The molecule has 0 aliphatic carbocycles. The Hall–Kier alpha value is -1.82. The Morgan fingerprint density at radius 2 is 2.33 bits per heavy atom. The van der Waals surface area contributed by atoms with Gasteiger partial charge in [-0.05, 0) is 31.9 Å². The van der Waals surface area contributed by atoms with E-state index in [1.54, 1.807) is 19.2 Å². The number of nitrogens with one attached hydrogen (secondary N) is 1. The fourth-order valence-electron chi connectivity index (χ4n) is 2.80. The van der Waals surface area contributed by atoms with Crippen molar-refractivity contribution in [3.05, 3.63) is 28.3 Å².